The number of halogens is 1. The molecule has 18 heavy (non-hydrogen) atoms. The number of hydrogen-bond acceptors (Lipinski definition) is 0. The second-order valence-electron chi connectivity index (χ2n) is 5.78. The third-order valence-electron chi connectivity index (χ3n) is 4.21. The molecule has 2 aliphatic rings. The van der Waals surface area contributed by atoms with Crippen LogP contribution in [0.2, 0.25) is 0 Å². The Morgan fingerprint density at radius 3 is 2.06 bits per heavy atom. The van der Waals surface area contributed by atoms with Crippen LogP contribution in [0.3, 0.4) is 0 Å². The molecule has 0 bridgehead atoms. The van der Waals surface area contributed by atoms with Crippen LogP contribution in [0.5, 0.6) is 0 Å². The fraction of sp³-hybridized carbons (Fsp3) is 0.875. The van der Waals surface area contributed by atoms with Gasteiger partial charge < -0.3 is 11.8 Å². The molecule has 0 aliphatic heterocycles. The summed E-state index contributed by atoms with van der Waals surface area (Å²) in [7, 11) is 0. The molecule has 0 aromatic carbocycles. The van der Waals surface area contributed by atoms with E-state index >= 15 is 0 Å². The third-order valence-corrected chi connectivity index (χ3v) is 4.48. The van der Waals surface area contributed by atoms with Crippen molar-refractivity contribution in [2.24, 2.45) is 5.92 Å². The fourth-order valence-electron chi connectivity index (χ4n) is 2.93. The van der Waals surface area contributed by atoms with Crippen LogP contribution in [0, 0.1) is 17.8 Å². The van der Waals surface area contributed by atoms with Gasteiger partial charge in [0, 0.05) is 5.88 Å². The van der Waals surface area contributed by atoms with Crippen molar-refractivity contribution in [3.05, 3.63) is 11.8 Å². The molecule has 0 radical (unpaired) electrons. The van der Waals surface area contributed by atoms with Gasteiger partial charge in [0.15, 0.2) is 0 Å². The zero-order chi connectivity index (χ0) is 12.5. The minimum Gasteiger partial charge on any atom is -0.317 e. The van der Waals surface area contributed by atoms with E-state index in [9.17, 15) is 0 Å². The number of hydrogen-bond donors (Lipinski definition) is 0. The third kappa shape index (κ3) is 8.08. The van der Waals surface area contributed by atoms with Crippen LogP contribution in [0.1, 0.15) is 78.1 Å². The Morgan fingerprint density at radius 2 is 1.67 bits per heavy atom. The molecule has 0 spiro atoms. The molecule has 2 saturated carbocycles. The summed E-state index contributed by atoms with van der Waals surface area (Å²) in [6.45, 7) is 4.57. The van der Waals surface area contributed by atoms with Gasteiger partial charge in [-0.3, -0.25) is 0 Å². The molecule has 2 aliphatic carbocycles. The van der Waals surface area contributed by atoms with Crippen LogP contribution in [-0.4, -0.2) is 5.88 Å². The molecule has 0 amide bonds. The van der Waals surface area contributed by atoms with E-state index in [-0.39, 0.29) is 17.1 Å². The van der Waals surface area contributed by atoms with Gasteiger partial charge in [0.05, 0.1) is 0 Å². The fourth-order valence-corrected chi connectivity index (χ4v) is 3.12. The standard InChI is InChI=1S/C10H18Cl.C6H11.Fe/c1-9-5-4-7-10(9)6-2-3-8-11;1-6-4-2-3-5-6;/h10H,2-8H2,1H3;2-5H2,1H3;/q2*-1;+2. The molecule has 0 heterocycles. The molecular weight excluding hydrogens is 283 g/mol. The Hall–Kier alpha value is 0.809. The van der Waals surface area contributed by atoms with Crippen molar-refractivity contribution in [3.63, 3.8) is 0 Å². The van der Waals surface area contributed by atoms with Crippen LogP contribution >= 0.6 is 11.6 Å². The van der Waals surface area contributed by atoms with Crippen molar-refractivity contribution in [2.75, 3.05) is 5.88 Å². The predicted octanol–water partition coefficient (Wildman–Crippen LogP) is 5.94. The summed E-state index contributed by atoms with van der Waals surface area (Å²) in [5.41, 5.74) is 0. The van der Waals surface area contributed by atoms with E-state index in [2.05, 4.69) is 13.8 Å². The molecule has 0 aromatic rings. The quantitative estimate of drug-likeness (QED) is 0.261. The normalized spacial score (nSPS) is 24.5. The molecule has 0 nitrogen and oxygen atoms in total. The summed E-state index contributed by atoms with van der Waals surface area (Å²) in [4.78, 5) is 0. The SMILES string of the molecule is C[C-]1CCCC1.C[C-]1CCCC1CCCCCl.[Fe+2]. The first kappa shape index (κ1) is 18.8. The van der Waals surface area contributed by atoms with Crippen LogP contribution in [0.15, 0.2) is 0 Å². The first-order valence-electron chi connectivity index (χ1n) is 7.43. The van der Waals surface area contributed by atoms with E-state index in [1.807, 2.05) is 0 Å². The van der Waals surface area contributed by atoms with Crippen molar-refractivity contribution < 1.29 is 17.1 Å². The first-order valence-corrected chi connectivity index (χ1v) is 7.97. The van der Waals surface area contributed by atoms with Gasteiger partial charge in [-0.15, -0.1) is 11.6 Å². The zero-order valence-corrected chi connectivity index (χ0v) is 13.9. The minimum absolute atomic E-state index is 0. The van der Waals surface area contributed by atoms with Gasteiger partial charge in [-0.05, 0) is 6.42 Å². The molecule has 1 unspecified atom stereocenters. The Bertz CT molecular complexity index is 178. The van der Waals surface area contributed by atoms with E-state index in [1.54, 1.807) is 11.8 Å². The molecule has 2 heteroatoms. The molecular formula is C16H29ClFe. The summed E-state index contributed by atoms with van der Waals surface area (Å²) in [6.07, 6.45) is 13.9. The van der Waals surface area contributed by atoms with Crippen LogP contribution in [-0.2, 0) is 17.1 Å². The largest absolute Gasteiger partial charge is 2.00 e. The molecule has 108 valence electrons. The molecule has 0 saturated heterocycles. The summed E-state index contributed by atoms with van der Waals surface area (Å²) in [5, 5.41) is 0. The van der Waals surface area contributed by atoms with Crippen molar-refractivity contribution in [3.8, 4) is 0 Å². The Kier molecular flexibility index (Phi) is 12.1. The Balaban J connectivity index is 0.000000352. The van der Waals surface area contributed by atoms with Gasteiger partial charge in [-0.1, -0.05) is 38.5 Å². The zero-order valence-electron chi connectivity index (χ0n) is 12.1. The van der Waals surface area contributed by atoms with Crippen molar-refractivity contribution >= 4 is 11.6 Å². The van der Waals surface area contributed by atoms with Crippen LogP contribution < -0.4 is 0 Å². The number of alkyl halides is 1. The maximum Gasteiger partial charge on any atom is 2.00 e. The van der Waals surface area contributed by atoms with Gasteiger partial charge in [0.2, 0.25) is 0 Å². The minimum atomic E-state index is 0. The predicted molar refractivity (Wildman–Crippen MR) is 78.2 cm³/mol. The van der Waals surface area contributed by atoms with Crippen LogP contribution in [0.25, 0.3) is 0 Å². The summed E-state index contributed by atoms with van der Waals surface area (Å²) in [5.74, 6) is 5.22. The van der Waals surface area contributed by atoms with Gasteiger partial charge >= 0.3 is 17.1 Å². The van der Waals surface area contributed by atoms with Gasteiger partial charge in [-0.2, -0.15) is 39.0 Å². The van der Waals surface area contributed by atoms with Crippen molar-refractivity contribution in [2.45, 2.75) is 78.1 Å². The monoisotopic (exact) mass is 312 g/mol. The summed E-state index contributed by atoms with van der Waals surface area (Å²) >= 11 is 5.62. The second kappa shape index (κ2) is 11.6. The van der Waals surface area contributed by atoms with Gasteiger partial charge in [0.1, 0.15) is 0 Å². The maximum absolute atomic E-state index is 5.62. The van der Waals surface area contributed by atoms with Gasteiger partial charge in [0.25, 0.3) is 0 Å². The maximum atomic E-state index is 5.62. The van der Waals surface area contributed by atoms with Crippen LogP contribution in [0.4, 0.5) is 0 Å². The molecule has 0 N–H and O–H groups in total. The molecule has 1 atom stereocenters. The van der Waals surface area contributed by atoms with Crippen molar-refractivity contribution in [1.82, 2.24) is 0 Å². The van der Waals surface area contributed by atoms with E-state index in [0.717, 1.165) is 11.8 Å². The number of unbranched alkanes of at least 4 members (excludes halogenated alkanes) is 1. The topological polar surface area (TPSA) is 0 Å². The molecule has 2 fully saturated rings. The van der Waals surface area contributed by atoms with E-state index < -0.39 is 0 Å². The van der Waals surface area contributed by atoms with Crippen molar-refractivity contribution in [1.29, 1.82) is 0 Å². The Labute approximate surface area is 130 Å². The summed E-state index contributed by atoms with van der Waals surface area (Å²) < 4.78 is 0. The second-order valence-corrected chi connectivity index (χ2v) is 6.16. The van der Waals surface area contributed by atoms with E-state index in [0.29, 0.717) is 0 Å². The smallest absolute Gasteiger partial charge is 0.317 e. The van der Waals surface area contributed by atoms with E-state index in [4.69, 9.17) is 11.6 Å². The van der Waals surface area contributed by atoms with Gasteiger partial charge in [-0.25, -0.2) is 0 Å². The number of rotatable bonds is 4. The molecule has 0 aromatic heterocycles. The average molecular weight is 313 g/mol. The molecule has 2 rings (SSSR count). The Morgan fingerprint density at radius 1 is 1.00 bits per heavy atom. The van der Waals surface area contributed by atoms with E-state index in [1.165, 1.54) is 64.2 Å². The first-order chi connectivity index (χ1) is 8.24. The summed E-state index contributed by atoms with van der Waals surface area (Å²) in [6, 6.07) is 0. The average Bonchev–Trinajstić information content (AvgIpc) is 2.92.